The van der Waals surface area contributed by atoms with Crippen molar-refractivity contribution in [3.05, 3.63) is 47.3 Å². The first-order chi connectivity index (χ1) is 11.4. The molecule has 0 aliphatic carbocycles. The van der Waals surface area contributed by atoms with Crippen molar-refractivity contribution < 1.29 is 23.4 Å². The van der Waals surface area contributed by atoms with Gasteiger partial charge in [-0.2, -0.15) is 5.10 Å². The highest BCUT2D eigenvalue weighted by Gasteiger charge is 2.15. The molecule has 0 fully saturated rings. The van der Waals surface area contributed by atoms with E-state index in [1.54, 1.807) is 17.9 Å². The number of nitrogens with one attached hydrogen (secondary N) is 1. The van der Waals surface area contributed by atoms with Crippen molar-refractivity contribution in [3.63, 3.8) is 0 Å². The lowest BCUT2D eigenvalue weighted by Gasteiger charge is -2.13. The predicted molar refractivity (Wildman–Crippen MR) is 82.8 cm³/mol. The van der Waals surface area contributed by atoms with Crippen LogP contribution in [-0.2, 0) is 13.5 Å². The van der Waals surface area contributed by atoms with Gasteiger partial charge < -0.3 is 15.2 Å². The monoisotopic (exact) mass is 339 g/mol. The van der Waals surface area contributed by atoms with E-state index in [0.717, 1.165) is 12.1 Å². The van der Waals surface area contributed by atoms with E-state index in [0.29, 0.717) is 17.7 Å². The number of aliphatic hydroxyl groups is 1. The number of aryl methyl sites for hydroxylation is 2. The van der Waals surface area contributed by atoms with Crippen molar-refractivity contribution >= 4 is 5.91 Å². The quantitative estimate of drug-likeness (QED) is 0.800. The summed E-state index contributed by atoms with van der Waals surface area (Å²) in [5.74, 6) is -2.25. The van der Waals surface area contributed by atoms with Gasteiger partial charge in [-0.3, -0.25) is 9.48 Å². The highest BCUT2D eigenvalue weighted by atomic mass is 19.2. The smallest absolute Gasteiger partial charge is 0.254 e. The Kier molecular flexibility index (Phi) is 5.86. The summed E-state index contributed by atoms with van der Waals surface area (Å²) in [5, 5.41) is 16.6. The molecular formula is C16H19F2N3O3. The molecular weight excluding hydrogens is 320 g/mol. The molecule has 0 aliphatic rings. The number of carbonyl (C=O) groups is 1. The van der Waals surface area contributed by atoms with E-state index in [9.17, 15) is 18.7 Å². The van der Waals surface area contributed by atoms with E-state index in [2.05, 4.69) is 10.4 Å². The van der Waals surface area contributed by atoms with Gasteiger partial charge in [-0.05, 0) is 18.6 Å². The number of aromatic nitrogens is 2. The predicted octanol–water partition coefficient (Wildman–Crippen LogP) is 1.43. The zero-order valence-corrected chi connectivity index (χ0v) is 13.4. The van der Waals surface area contributed by atoms with E-state index < -0.39 is 17.7 Å². The Labute approximate surface area is 138 Å². The zero-order valence-electron chi connectivity index (χ0n) is 13.4. The minimum atomic E-state index is -1.03. The van der Waals surface area contributed by atoms with Crippen LogP contribution < -0.4 is 10.1 Å². The van der Waals surface area contributed by atoms with Crippen LogP contribution in [0, 0.1) is 11.6 Å². The summed E-state index contributed by atoms with van der Waals surface area (Å²) in [4.78, 5) is 12.1. The summed E-state index contributed by atoms with van der Waals surface area (Å²) in [7, 11) is 1.72. The number of rotatable bonds is 7. The minimum absolute atomic E-state index is 0.0411. The van der Waals surface area contributed by atoms with Crippen LogP contribution in [0.15, 0.2) is 24.4 Å². The van der Waals surface area contributed by atoms with Crippen molar-refractivity contribution in [1.82, 2.24) is 15.1 Å². The summed E-state index contributed by atoms with van der Waals surface area (Å²) >= 11 is 0. The molecule has 2 aromatic rings. The van der Waals surface area contributed by atoms with Crippen LogP contribution in [0.1, 0.15) is 23.0 Å². The molecule has 1 unspecified atom stereocenters. The molecule has 1 atom stereocenters. The Morgan fingerprint density at radius 1 is 1.42 bits per heavy atom. The summed E-state index contributed by atoms with van der Waals surface area (Å²) < 4.78 is 32.6. The molecule has 1 aromatic carbocycles. The van der Waals surface area contributed by atoms with Gasteiger partial charge in [0, 0.05) is 25.9 Å². The Morgan fingerprint density at radius 3 is 2.83 bits per heavy atom. The van der Waals surface area contributed by atoms with Gasteiger partial charge >= 0.3 is 0 Å². The van der Waals surface area contributed by atoms with Gasteiger partial charge in [-0.1, -0.05) is 6.92 Å². The Hall–Kier alpha value is -2.48. The Morgan fingerprint density at radius 2 is 2.17 bits per heavy atom. The van der Waals surface area contributed by atoms with Gasteiger partial charge in [0.15, 0.2) is 11.6 Å². The highest BCUT2D eigenvalue weighted by Crippen LogP contribution is 2.15. The fraction of sp³-hybridized carbons (Fsp3) is 0.375. The normalized spacial score (nSPS) is 12.0. The average Bonchev–Trinajstić information content (AvgIpc) is 2.94. The lowest BCUT2D eigenvalue weighted by Crippen LogP contribution is -2.35. The van der Waals surface area contributed by atoms with Crippen molar-refractivity contribution in [2.45, 2.75) is 19.4 Å². The summed E-state index contributed by atoms with van der Waals surface area (Å²) in [5.41, 5.74) is 1.12. The molecule has 0 radical (unpaired) electrons. The van der Waals surface area contributed by atoms with Gasteiger partial charge in [0.1, 0.15) is 18.5 Å². The van der Waals surface area contributed by atoms with E-state index in [1.807, 2.05) is 6.92 Å². The zero-order chi connectivity index (χ0) is 17.7. The molecule has 1 amide bonds. The van der Waals surface area contributed by atoms with Crippen molar-refractivity contribution in [2.75, 3.05) is 13.2 Å². The molecule has 2 rings (SSSR count). The van der Waals surface area contributed by atoms with Crippen molar-refractivity contribution in [3.8, 4) is 5.75 Å². The number of hydrogen-bond acceptors (Lipinski definition) is 4. The number of benzene rings is 1. The molecule has 0 saturated heterocycles. The first kappa shape index (κ1) is 17.9. The van der Waals surface area contributed by atoms with Crippen molar-refractivity contribution in [2.24, 2.45) is 7.05 Å². The van der Waals surface area contributed by atoms with E-state index in [-0.39, 0.29) is 24.8 Å². The third-order valence-electron chi connectivity index (χ3n) is 3.32. The minimum Gasteiger partial charge on any atom is -0.491 e. The molecule has 0 aliphatic heterocycles. The first-order valence-electron chi connectivity index (χ1n) is 7.47. The van der Waals surface area contributed by atoms with Crippen LogP contribution in [0.2, 0.25) is 0 Å². The summed E-state index contributed by atoms with van der Waals surface area (Å²) in [6.45, 7) is 1.68. The average molecular weight is 339 g/mol. The second-order valence-electron chi connectivity index (χ2n) is 5.27. The number of halogens is 2. The lowest BCUT2D eigenvalue weighted by molar-refractivity contribution is 0.0842. The fourth-order valence-electron chi connectivity index (χ4n) is 2.11. The van der Waals surface area contributed by atoms with E-state index in [4.69, 9.17) is 4.74 Å². The van der Waals surface area contributed by atoms with Crippen LogP contribution in [-0.4, -0.2) is 40.0 Å². The maximum atomic E-state index is 13.0. The third kappa shape index (κ3) is 4.51. The van der Waals surface area contributed by atoms with Crippen LogP contribution in [0.5, 0.6) is 5.75 Å². The summed E-state index contributed by atoms with van der Waals surface area (Å²) in [6, 6.07) is 3.09. The number of nitrogens with zero attached hydrogens (tertiary/aromatic N) is 2. The molecule has 24 heavy (non-hydrogen) atoms. The molecule has 1 aromatic heterocycles. The third-order valence-corrected chi connectivity index (χ3v) is 3.32. The first-order valence-corrected chi connectivity index (χ1v) is 7.47. The van der Waals surface area contributed by atoms with Gasteiger partial charge in [-0.15, -0.1) is 0 Å². The Balaban J connectivity index is 1.83. The van der Waals surface area contributed by atoms with Gasteiger partial charge in [0.2, 0.25) is 0 Å². The number of hydrogen-bond donors (Lipinski definition) is 2. The van der Waals surface area contributed by atoms with Gasteiger partial charge in [-0.25, -0.2) is 8.78 Å². The molecule has 1 heterocycles. The van der Waals surface area contributed by atoms with Gasteiger partial charge in [0.25, 0.3) is 5.91 Å². The Bertz CT molecular complexity index is 719. The maximum Gasteiger partial charge on any atom is 0.254 e. The molecule has 8 heteroatoms. The van der Waals surface area contributed by atoms with Crippen LogP contribution in [0.3, 0.4) is 0 Å². The fourth-order valence-corrected chi connectivity index (χ4v) is 2.11. The number of aliphatic hydroxyl groups excluding tert-OH is 1. The SMILES string of the molecule is CCc1nn(C)cc1C(=O)NCC(O)COc1ccc(F)c(F)c1. The number of amides is 1. The lowest BCUT2D eigenvalue weighted by atomic mass is 10.2. The number of carbonyl (C=O) groups excluding carboxylic acids is 1. The number of ether oxygens (including phenoxy) is 1. The molecule has 6 nitrogen and oxygen atoms in total. The molecule has 0 saturated carbocycles. The van der Waals surface area contributed by atoms with Gasteiger partial charge in [0.05, 0.1) is 11.3 Å². The van der Waals surface area contributed by atoms with Crippen LogP contribution in [0.25, 0.3) is 0 Å². The van der Waals surface area contributed by atoms with Crippen LogP contribution >= 0.6 is 0 Å². The molecule has 130 valence electrons. The largest absolute Gasteiger partial charge is 0.491 e. The van der Waals surface area contributed by atoms with Crippen molar-refractivity contribution in [1.29, 1.82) is 0 Å². The highest BCUT2D eigenvalue weighted by molar-refractivity contribution is 5.95. The maximum absolute atomic E-state index is 13.0. The second-order valence-corrected chi connectivity index (χ2v) is 5.27. The standard InChI is InChI=1S/C16H19F2N3O3/c1-3-15-12(8-21(2)20-15)16(23)19-7-10(22)9-24-11-4-5-13(17)14(18)6-11/h4-6,8,10,22H,3,7,9H2,1-2H3,(H,19,23). The van der Waals surface area contributed by atoms with E-state index in [1.165, 1.54) is 6.07 Å². The van der Waals surface area contributed by atoms with Crippen LogP contribution in [0.4, 0.5) is 8.78 Å². The molecule has 2 N–H and O–H groups in total. The summed E-state index contributed by atoms with van der Waals surface area (Å²) in [6.07, 6.45) is 1.23. The molecule has 0 spiro atoms. The second kappa shape index (κ2) is 7.87. The molecule has 0 bridgehead atoms. The van der Waals surface area contributed by atoms with E-state index >= 15 is 0 Å². The topological polar surface area (TPSA) is 76.4 Å².